The Bertz CT molecular complexity index is 607. The fourth-order valence-electron chi connectivity index (χ4n) is 1.68. The SMILES string of the molecule is Cc1cccc(NC(=O)c2cc(Cl)c(C(C)C)s2)n1. The average Bonchev–Trinajstić information content (AvgIpc) is 2.71. The van der Waals surface area contributed by atoms with Crippen molar-refractivity contribution in [2.24, 2.45) is 0 Å². The molecule has 0 radical (unpaired) electrons. The number of carbonyl (C=O) groups excluding carboxylic acids is 1. The second kappa shape index (κ2) is 5.72. The fraction of sp³-hybridized carbons (Fsp3) is 0.286. The number of halogens is 1. The Morgan fingerprint density at radius 2 is 2.16 bits per heavy atom. The number of amides is 1. The molecule has 0 aliphatic rings. The van der Waals surface area contributed by atoms with Gasteiger partial charge in [0.2, 0.25) is 0 Å². The van der Waals surface area contributed by atoms with E-state index in [9.17, 15) is 4.79 Å². The molecule has 0 aliphatic heterocycles. The summed E-state index contributed by atoms with van der Waals surface area (Å²) in [5.41, 5.74) is 0.866. The van der Waals surface area contributed by atoms with Crippen molar-refractivity contribution < 1.29 is 4.79 Å². The van der Waals surface area contributed by atoms with Crippen LogP contribution >= 0.6 is 22.9 Å². The molecule has 3 nitrogen and oxygen atoms in total. The number of rotatable bonds is 3. The number of anilines is 1. The molecule has 1 amide bonds. The first-order chi connectivity index (χ1) is 8.97. The number of hydrogen-bond donors (Lipinski definition) is 1. The lowest BCUT2D eigenvalue weighted by Crippen LogP contribution is -2.11. The van der Waals surface area contributed by atoms with E-state index in [0.29, 0.717) is 21.6 Å². The summed E-state index contributed by atoms with van der Waals surface area (Å²) in [6.45, 7) is 6.00. The van der Waals surface area contributed by atoms with Crippen LogP contribution in [0.25, 0.3) is 0 Å². The number of aromatic nitrogens is 1. The lowest BCUT2D eigenvalue weighted by atomic mass is 10.2. The van der Waals surface area contributed by atoms with Gasteiger partial charge in [0.25, 0.3) is 5.91 Å². The van der Waals surface area contributed by atoms with Gasteiger partial charge in [-0.25, -0.2) is 4.98 Å². The smallest absolute Gasteiger partial charge is 0.266 e. The Balaban J connectivity index is 2.18. The number of hydrogen-bond acceptors (Lipinski definition) is 3. The van der Waals surface area contributed by atoms with E-state index in [4.69, 9.17) is 11.6 Å². The van der Waals surface area contributed by atoms with Gasteiger partial charge >= 0.3 is 0 Å². The highest BCUT2D eigenvalue weighted by Gasteiger charge is 2.16. The Kier molecular flexibility index (Phi) is 4.22. The zero-order valence-electron chi connectivity index (χ0n) is 11.0. The molecule has 0 saturated heterocycles. The Morgan fingerprint density at radius 3 is 2.74 bits per heavy atom. The maximum Gasteiger partial charge on any atom is 0.266 e. The summed E-state index contributed by atoms with van der Waals surface area (Å²) in [6.07, 6.45) is 0. The van der Waals surface area contributed by atoms with Gasteiger partial charge in [0.1, 0.15) is 5.82 Å². The largest absolute Gasteiger partial charge is 0.306 e. The van der Waals surface area contributed by atoms with Crippen molar-refractivity contribution in [3.8, 4) is 0 Å². The summed E-state index contributed by atoms with van der Waals surface area (Å²) in [6, 6.07) is 7.23. The van der Waals surface area contributed by atoms with Gasteiger partial charge in [-0.3, -0.25) is 4.79 Å². The van der Waals surface area contributed by atoms with Crippen LogP contribution in [0.2, 0.25) is 5.02 Å². The number of aryl methyl sites for hydroxylation is 1. The molecule has 2 rings (SSSR count). The molecule has 0 fully saturated rings. The first-order valence-electron chi connectivity index (χ1n) is 6.01. The molecule has 0 aliphatic carbocycles. The predicted octanol–water partition coefficient (Wildman–Crippen LogP) is 4.48. The second-order valence-corrected chi connectivity index (χ2v) is 6.09. The van der Waals surface area contributed by atoms with Gasteiger partial charge in [0.05, 0.1) is 9.90 Å². The van der Waals surface area contributed by atoms with Gasteiger partial charge in [-0.1, -0.05) is 31.5 Å². The molecule has 1 N–H and O–H groups in total. The number of pyridine rings is 1. The maximum absolute atomic E-state index is 12.1. The highest BCUT2D eigenvalue weighted by atomic mass is 35.5. The molecule has 5 heteroatoms. The normalized spacial score (nSPS) is 10.8. The molecule has 0 spiro atoms. The first-order valence-corrected chi connectivity index (χ1v) is 7.21. The summed E-state index contributed by atoms with van der Waals surface area (Å²) in [5.74, 6) is 0.702. The molecular weight excluding hydrogens is 280 g/mol. The van der Waals surface area contributed by atoms with Gasteiger partial charge in [-0.05, 0) is 31.0 Å². The topological polar surface area (TPSA) is 42.0 Å². The van der Waals surface area contributed by atoms with Crippen LogP contribution < -0.4 is 5.32 Å². The van der Waals surface area contributed by atoms with Crippen molar-refractivity contribution in [3.63, 3.8) is 0 Å². The third-order valence-electron chi connectivity index (χ3n) is 2.59. The van der Waals surface area contributed by atoms with E-state index in [0.717, 1.165) is 10.6 Å². The van der Waals surface area contributed by atoms with Crippen LogP contribution in [0.5, 0.6) is 0 Å². The van der Waals surface area contributed by atoms with Crippen molar-refractivity contribution in [3.05, 3.63) is 44.7 Å². The van der Waals surface area contributed by atoms with Crippen molar-refractivity contribution in [2.45, 2.75) is 26.7 Å². The minimum Gasteiger partial charge on any atom is -0.306 e. The molecule has 0 bridgehead atoms. The van der Waals surface area contributed by atoms with Gasteiger partial charge in [-0.2, -0.15) is 0 Å². The standard InChI is InChI=1S/C14H15ClN2OS/c1-8(2)13-10(15)7-11(19-13)14(18)17-12-6-4-5-9(3)16-12/h4-8H,1-3H3,(H,16,17,18). The van der Waals surface area contributed by atoms with Crippen molar-refractivity contribution in [1.29, 1.82) is 0 Å². The molecule has 0 unspecified atom stereocenters. The third kappa shape index (κ3) is 3.33. The van der Waals surface area contributed by atoms with Gasteiger partial charge < -0.3 is 5.32 Å². The summed E-state index contributed by atoms with van der Waals surface area (Å²) < 4.78 is 0. The van der Waals surface area contributed by atoms with E-state index in [-0.39, 0.29) is 5.91 Å². The van der Waals surface area contributed by atoms with Crippen LogP contribution in [0.15, 0.2) is 24.3 Å². The van der Waals surface area contributed by atoms with E-state index >= 15 is 0 Å². The van der Waals surface area contributed by atoms with Crippen LogP contribution in [0.3, 0.4) is 0 Å². The van der Waals surface area contributed by atoms with Crippen LogP contribution in [0, 0.1) is 6.92 Å². The highest BCUT2D eigenvalue weighted by molar-refractivity contribution is 7.14. The predicted molar refractivity (Wildman–Crippen MR) is 80.3 cm³/mol. The van der Waals surface area contributed by atoms with E-state index in [1.807, 2.05) is 19.1 Å². The molecule has 0 atom stereocenters. The fourth-order valence-corrected chi connectivity index (χ4v) is 3.14. The number of nitrogens with one attached hydrogen (secondary N) is 1. The Morgan fingerprint density at radius 1 is 1.42 bits per heavy atom. The molecule has 2 aromatic rings. The Hall–Kier alpha value is -1.39. The number of nitrogens with zero attached hydrogens (tertiary/aromatic N) is 1. The number of thiophene rings is 1. The zero-order chi connectivity index (χ0) is 14.0. The minimum absolute atomic E-state index is 0.170. The summed E-state index contributed by atoms with van der Waals surface area (Å²) in [5, 5.41) is 3.44. The molecule has 2 heterocycles. The second-order valence-electron chi connectivity index (χ2n) is 4.60. The highest BCUT2D eigenvalue weighted by Crippen LogP contribution is 2.33. The maximum atomic E-state index is 12.1. The van der Waals surface area contributed by atoms with E-state index in [1.165, 1.54) is 11.3 Å². The minimum atomic E-state index is -0.170. The Labute approximate surface area is 121 Å². The van der Waals surface area contributed by atoms with Crippen molar-refractivity contribution in [1.82, 2.24) is 4.98 Å². The van der Waals surface area contributed by atoms with Crippen molar-refractivity contribution in [2.75, 3.05) is 5.32 Å². The van der Waals surface area contributed by atoms with Gasteiger partial charge in [-0.15, -0.1) is 11.3 Å². The molecular formula is C14H15ClN2OS. The summed E-state index contributed by atoms with van der Waals surface area (Å²) in [4.78, 5) is 18.0. The third-order valence-corrected chi connectivity index (χ3v) is 4.45. The van der Waals surface area contributed by atoms with Crippen LogP contribution in [0.4, 0.5) is 5.82 Å². The lowest BCUT2D eigenvalue weighted by Gasteiger charge is -2.03. The summed E-state index contributed by atoms with van der Waals surface area (Å²) >= 11 is 7.55. The van der Waals surface area contributed by atoms with Gasteiger partial charge in [0.15, 0.2) is 0 Å². The number of carbonyl (C=O) groups is 1. The van der Waals surface area contributed by atoms with Crippen LogP contribution in [0.1, 0.15) is 40.0 Å². The lowest BCUT2D eigenvalue weighted by molar-refractivity contribution is 0.103. The van der Waals surface area contributed by atoms with E-state index < -0.39 is 0 Å². The molecule has 0 saturated carbocycles. The van der Waals surface area contributed by atoms with E-state index in [2.05, 4.69) is 24.1 Å². The first kappa shape index (κ1) is 14.0. The quantitative estimate of drug-likeness (QED) is 0.907. The van der Waals surface area contributed by atoms with Crippen molar-refractivity contribution >= 4 is 34.7 Å². The monoisotopic (exact) mass is 294 g/mol. The summed E-state index contributed by atoms with van der Waals surface area (Å²) in [7, 11) is 0. The molecule has 100 valence electrons. The average molecular weight is 295 g/mol. The van der Waals surface area contributed by atoms with E-state index in [1.54, 1.807) is 12.1 Å². The van der Waals surface area contributed by atoms with Gasteiger partial charge in [0, 0.05) is 10.6 Å². The molecule has 19 heavy (non-hydrogen) atoms. The molecule has 2 aromatic heterocycles. The van der Waals surface area contributed by atoms with Crippen LogP contribution in [-0.4, -0.2) is 10.9 Å². The molecule has 0 aromatic carbocycles. The van der Waals surface area contributed by atoms with Crippen LogP contribution in [-0.2, 0) is 0 Å². The zero-order valence-corrected chi connectivity index (χ0v) is 12.6.